The van der Waals surface area contributed by atoms with Crippen molar-refractivity contribution in [3.8, 4) is 0 Å². The van der Waals surface area contributed by atoms with Gasteiger partial charge >= 0.3 is 0 Å². The lowest BCUT2D eigenvalue weighted by Gasteiger charge is -2.07. The third-order valence-corrected chi connectivity index (χ3v) is 1.84. The molecular formula is C8H15ClN2O. The van der Waals surface area contributed by atoms with Crippen LogP contribution in [0, 0.1) is 11.3 Å². The van der Waals surface area contributed by atoms with E-state index in [1.54, 1.807) is 0 Å². The van der Waals surface area contributed by atoms with E-state index in [9.17, 15) is 4.79 Å². The lowest BCUT2D eigenvalue weighted by atomic mass is 10.1. The van der Waals surface area contributed by atoms with Crippen LogP contribution in [-0.2, 0) is 4.79 Å². The molecule has 2 N–H and O–H groups in total. The predicted molar refractivity (Wildman–Crippen MR) is 51.0 cm³/mol. The van der Waals surface area contributed by atoms with Crippen LogP contribution in [0.15, 0.2) is 0 Å². The molecule has 4 heteroatoms. The molecule has 1 aliphatic carbocycles. The SMILES string of the molecule is C[C@H](CC=N)C(=O)NC1CC1.Cl. The lowest BCUT2D eigenvalue weighted by Crippen LogP contribution is -2.30. The minimum absolute atomic E-state index is 0. The van der Waals surface area contributed by atoms with Crippen molar-refractivity contribution in [2.24, 2.45) is 5.92 Å². The second-order valence-corrected chi connectivity index (χ2v) is 3.12. The molecule has 0 spiro atoms. The third-order valence-electron chi connectivity index (χ3n) is 1.84. The molecule has 70 valence electrons. The number of rotatable bonds is 4. The van der Waals surface area contributed by atoms with E-state index < -0.39 is 0 Å². The van der Waals surface area contributed by atoms with Crippen molar-refractivity contribution in [2.75, 3.05) is 0 Å². The number of carbonyl (C=O) groups excluding carboxylic acids is 1. The first kappa shape index (κ1) is 11.4. The van der Waals surface area contributed by atoms with Crippen LogP contribution in [-0.4, -0.2) is 18.2 Å². The third kappa shape index (κ3) is 3.72. The number of hydrogen-bond acceptors (Lipinski definition) is 2. The summed E-state index contributed by atoms with van der Waals surface area (Å²) in [5.74, 6) is 0.0594. The zero-order valence-electron chi connectivity index (χ0n) is 7.17. The summed E-state index contributed by atoms with van der Waals surface area (Å²) in [6.07, 6.45) is 4.10. The standard InChI is InChI=1S/C8H14N2O.ClH/c1-6(4-5-9)8(11)10-7-2-3-7;/h5-7,9H,2-4H2,1H3,(H,10,11);1H/t6-;/m1./s1. The van der Waals surface area contributed by atoms with Gasteiger partial charge in [0.25, 0.3) is 0 Å². The molecular weight excluding hydrogens is 176 g/mol. The molecule has 0 aliphatic heterocycles. The Hall–Kier alpha value is -0.570. The molecule has 1 atom stereocenters. The first-order valence-electron chi connectivity index (χ1n) is 4.03. The fraction of sp³-hybridized carbons (Fsp3) is 0.750. The number of halogens is 1. The largest absolute Gasteiger partial charge is 0.353 e. The Morgan fingerprint density at radius 1 is 1.75 bits per heavy atom. The van der Waals surface area contributed by atoms with E-state index in [-0.39, 0.29) is 24.2 Å². The molecule has 3 nitrogen and oxygen atoms in total. The molecule has 0 bridgehead atoms. The zero-order valence-corrected chi connectivity index (χ0v) is 7.99. The number of amides is 1. The molecule has 1 saturated carbocycles. The van der Waals surface area contributed by atoms with Crippen molar-refractivity contribution in [1.29, 1.82) is 5.41 Å². The van der Waals surface area contributed by atoms with Gasteiger partial charge in [-0.05, 0) is 25.5 Å². The Balaban J connectivity index is 0.00000121. The van der Waals surface area contributed by atoms with E-state index in [0.29, 0.717) is 12.5 Å². The fourth-order valence-electron chi connectivity index (χ4n) is 0.855. The molecule has 12 heavy (non-hydrogen) atoms. The first-order valence-corrected chi connectivity index (χ1v) is 4.03. The highest BCUT2D eigenvalue weighted by Crippen LogP contribution is 2.19. The van der Waals surface area contributed by atoms with Crippen LogP contribution < -0.4 is 5.32 Å². The van der Waals surface area contributed by atoms with E-state index in [2.05, 4.69) is 5.32 Å². The minimum atomic E-state index is -0.0342. The van der Waals surface area contributed by atoms with Crippen LogP contribution in [0.4, 0.5) is 0 Å². The smallest absolute Gasteiger partial charge is 0.223 e. The highest BCUT2D eigenvalue weighted by molar-refractivity contribution is 5.85. The maximum atomic E-state index is 11.2. The fourth-order valence-corrected chi connectivity index (χ4v) is 0.855. The Labute approximate surface area is 78.8 Å². The first-order chi connectivity index (χ1) is 5.24. The summed E-state index contributed by atoms with van der Waals surface area (Å²) in [4.78, 5) is 11.2. The summed E-state index contributed by atoms with van der Waals surface area (Å²) in [7, 11) is 0. The van der Waals surface area contributed by atoms with Gasteiger partial charge in [0.05, 0.1) is 0 Å². The monoisotopic (exact) mass is 190 g/mol. The normalized spacial score (nSPS) is 17.4. The summed E-state index contributed by atoms with van der Waals surface area (Å²) in [6, 6.07) is 0.440. The van der Waals surface area contributed by atoms with Gasteiger partial charge in [-0.15, -0.1) is 12.4 Å². The zero-order chi connectivity index (χ0) is 8.27. The highest BCUT2D eigenvalue weighted by Gasteiger charge is 2.24. The summed E-state index contributed by atoms with van der Waals surface area (Å²) in [5, 5.41) is 9.72. The molecule has 1 rings (SSSR count). The second kappa shape index (κ2) is 5.14. The molecule has 0 radical (unpaired) electrons. The summed E-state index contributed by atoms with van der Waals surface area (Å²) < 4.78 is 0. The van der Waals surface area contributed by atoms with Crippen molar-refractivity contribution in [2.45, 2.75) is 32.2 Å². The molecule has 1 fully saturated rings. The molecule has 0 aromatic carbocycles. The van der Waals surface area contributed by atoms with Gasteiger partial charge in [-0.2, -0.15) is 0 Å². The molecule has 0 heterocycles. The van der Waals surface area contributed by atoms with Crippen molar-refractivity contribution < 1.29 is 4.79 Å². The average Bonchev–Trinajstić information content (AvgIpc) is 2.72. The molecule has 0 aromatic rings. The van der Waals surface area contributed by atoms with Gasteiger partial charge in [-0.3, -0.25) is 4.79 Å². The summed E-state index contributed by atoms with van der Waals surface area (Å²) >= 11 is 0. The van der Waals surface area contributed by atoms with E-state index >= 15 is 0 Å². The summed E-state index contributed by atoms with van der Waals surface area (Å²) in [5.41, 5.74) is 0. The maximum Gasteiger partial charge on any atom is 0.223 e. The van der Waals surface area contributed by atoms with Gasteiger partial charge in [0, 0.05) is 12.0 Å². The minimum Gasteiger partial charge on any atom is -0.353 e. The van der Waals surface area contributed by atoms with E-state index in [4.69, 9.17) is 5.41 Å². The number of carbonyl (C=O) groups is 1. The highest BCUT2D eigenvalue weighted by atomic mass is 35.5. The van der Waals surface area contributed by atoms with Crippen molar-refractivity contribution >= 4 is 24.5 Å². The molecule has 1 aliphatic rings. The summed E-state index contributed by atoms with van der Waals surface area (Å²) in [6.45, 7) is 1.85. The Morgan fingerprint density at radius 3 is 2.75 bits per heavy atom. The molecule has 1 amide bonds. The molecule has 0 saturated heterocycles. The van der Waals surface area contributed by atoms with Crippen molar-refractivity contribution in [3.63, 3.8) is 0 Å². The Morgan fingerprint density at radius 2 is 2.33 bits per heavy atom. The van der Waals surface area contributed by atoms with Crippen molar-refractivity contribution in [1.82, 2.24) is 5.32 Å². The topological polar surface area (TPSA) is 53.0 Å². The lowest BCUT2D eigenvalue weighted by molar-refractivity contribution is -0.124. The molecule has 0 unspecified atom stereocenters. The van der Waals surface area contributed by atoms with Crippen molar-refractivity contribution in [3.05, 3.63) is 0 Å². The van der Waals surface area contributed by atoms with Crippen LogP contribution in [0.3, 0.4) is 0 Å². The second-order valence-electron chi connectivity index (χ2n) is 3.12. The Kier molecular flexibility index (Phi) is 4.90. The van der Waals surface area contributed by atoms with E-state index in [1.165, 1.54) is 6.21 Å². The van der Waals surface area contributed by atoms with Gasteiger partial charge in [0.2, 0.25) is 5.91 Å². The van der Waals surface area contributed by atoms with Gasteiger partial charge in [-0.1, -0.05) is 6.92 Å². The van der Waals surface area contributed by atoms with Gasteiger partial charge in [0.1, 0.15) is 0 Å². The number of hydrogen-bond donors (Lipinski definition) is 2. The van der Waals surface area contributed by atoms with E-state index in [1.807, 2.05) is 6.92 Å². The number of nitrogens with one attached hydrogen (secondary N) is 2. The van der Waals surface area contributed by atoms with Crippen LogP contribution in [0.2, 0.25) is 0 Å². The van der Waals surface area contributed by atoms with Crippen LogP contribution in [0.5, 0.6) is 0 Å². The van der Waals surface area contributed by atoms with Gasteiger partial charge in [-0.25, -0.2) is 0 Å². The van der Waals surface area contributed by atoms with Gasteiger partial charge < -0.3 is 10.7 Å². The van der Waals surface area contributed by atoms with E-state index in [0.717, 1.165) is 12.8 Å². The maximum absolute atomic E-state index is 11.2. The van der Waals surface area contributed by atoms with Crippen LogP contribution in [0.1, 0.15) is 26.2 Å². The quantitative estimate of drug-likeness (QED) is 0.647. The van der Waals surface area contributed by atoms with Crippen LogP contribution in [0.25, 0.3) is 0 Å². The van der Waals surface area contributed by atoms with Crippen LogP contribution >= 0.6 is 12.4 Å². The molecule has 0 aromatic heterocycles. The Bertz CT molecular complexity index is 168. The van der Waals surface area contributed by atoms with Gasteiger partial charge in [0.15, 0.2) is 0 Å². The average molecular weight is 191 g/mol. The predicted octanol–water partition coefficient (Wildman–Crippen LogP) is 1.36.